The highest BCUT2D eigenvalue weighted by molar-refractivity contribution is 5.96. The van der Waals surface area contributed by atoms with E-state index in [1.807, 2.05) is 60.7 Å². The highest BCUT2D eigenvalue weighted by Gasteiger charge is 2.23. The Bertz CT molecular complexity index is 1420. The maximum absolute atomic E-state index is 12.9. The summed E-state index contributed by atoms with van der Waals surface area (Å²) >= 11 is 0. The highest BCUT2D eigenvalue weighted by Crippen LogP contribution is 2.38. The molecule has 0 aliphatic heterocycles. The second kappa shape index (κ2) is 12.9. The van der Waals surface area contributed by atoms with Crippen LogP contribution in [0, 0.1) is 0 Å². The Balaban J connectivity index is 1.93. The SMILES string of the molecule is COC(=O)c1cc(-c2ccc(OC)cc2)cc(Cc2cc(-c3ccc(OC)cc3)cc(C(=O)OC)c2OC)c1OC. The molecular formula is C33H32O8. The molecule has 0 heterocycles. The first-order chi connectivity index (χ1) is 19.9. The third kappa shape index (κ3) is 6.11. The van der Waals surface area contributed by atoms with Gasteiger partial charge in [-0.15, -0.1) is 0 Å². The van der Waals surface area contributed by atoms with E-state index < -0.39 is 11.9 Å². The van der Waals surface area contributed by atoms with E-state index in [9.17, 15) is 9.59 Å². The predicted octanol–water partition coefficient (Wildman–Crippen LogP) is 6.22. The molecule has 4 aromatic rings. The molecule has 8 nitrogen and oxygen atoms in total. The quantitative estimate of drug-likeness (QED) is 0.213. The summed E-state index contributed by atoms with van der Waals surface area (Å²) in [6, 6.07) is 22.4. The molecule has 0 radical (unpaired) electrons. The Hall–Kier alpha value is -4.98. The smallest absolute Gasteiger partial charge is 0.341 e. The zero-order chi connectivity index (χ0) is 29.5. The zero-order valence-electron chi connectivity index (χ0n) is 23.9. The average Bonchev–Trinajstić information content (AvgIpc) is 3.03. The molecule has 4 rings (SSSR count). The van der Waals surface area contributed by atoms with Crippen molar-refractivity contribution in [3.8, 4) is 45.3 Å². The summed E-state index contributed by atoms with van der Waals surface area (Å²) in [6.07, 6.45) is 0.272. The van der Waals surface area contributed by atoms with Gasteiger partial charge in [0.25, 0.3) is 0 Å². The number of esters is 2. The van der Waals surface area contributed by atoms with Gasteiger partial charge >= 0.3 is 11.9 Å². The summed E-state index contributed by atoms with van der Waals surface area (Å²) in [5.41, 5.74) is 5.24. The van der Waals surface area contributed by atoms with E-state index in [2.05, 4.69) is 0 Å². The molecule has 0 saturated heterocycles. The van der Waals surface area contributed by atoms with Gasteiger partial charge in [0.15, 0.2) is 0 Å². The van der Waals surface area contributed by atoms with Gasteiger partial charge in [-0.05, 0) is 70.8 Å². The number of rotatable bonds is 10. The largest absolute Gasteiger partial charge is 0.497 e. The molecule has 0 fully saturated rings. The van der Waals surface area contributed by atoms with Crippen molar-refractivity contribution in [2.45, 2.75) is 6.42 Å². The van der Waals surface area contributed by atoms with Crippen molar-refractivity contribution in [3.05, 3.63) is 95.1 Å². The molecule has 41 heavy (non-hydrogen) atoms. The minimum absolute atomic E-state index is 0.272. The van der Waals surface area contributed by atoms with Crippen molar-refractivity contribution in [3.63, 3.8) is 0 Å². The van der Waals surface area contributed by atoms with Crippen LogP contribution in [0.1, 0.15) is 31.8 Å². The fourth-order valence-electron chi connectivity index (χ4n) is 4.75. The molecule has 0 aliphatic carbocycles. The van der Waals surface area contributed by atoms with Crippen LogP contribution < -0.4 is 18.9 Å². The lowest BCUT2D eigenvalue weighted by Crippen LogP contribution is -2.09. The molecule has 4 aromatic carbocycles. The summed E-state index contributed by atoms with van der Waals surface area (Å²) in [4.78, 5) is 25.7. The van der Waals surface area contributed by atoms with Gasteiger partial charge in [-0.1, -0.05) is 24.3 Å². The van der Waals surface area contributed by atoms with Crippen molar-refractivity contribution < 1.29 is 38.0 Å². The minimum atomic E-state index is -0.535. The molecule has 0 saturated carbocycles. The molecule has 0 bridgehead atoms. The maximum Gasteiger partial charge on any atom is 0.341 e. The van der Waals surface area contributed by atoms with Crippen LogP contribution in [0.4, 0.5) is 0 Å². The Morgan fingerprint density at radius 2 is 0.854 bits per heavy atom. The molecule has 8 heteroatoms. The fourth-order valence-corrected chi connectivity index (χ4v) is 4.75. The van der Waals surface area contributed by atoms with E-state index in [-0.39, 0.29) is 17.5 Å². The molecule has 0 amide bonds. The lowest BCUT2D eigenvalue weighted by molar-refractivity contribution is 0.0588. The van der Waals surface area contributed by atoms with Gasteiger partial charge in [-0.2, -0.15) is 0 Å². The first-order valence-electron chi connectivity index (χ1n) is 12.7. The third-order valence-electron chi connectivity index (χ3n) is 6.78. The summed E-state index contributed by atoms with van der Waals surface area (Å²) in [5.74, 6) is 1.09. The van der Waals surface area contributed by atoms with Gasteiger partial charge < -0.3 is 28.4 Å². The van der Waals surface area contributed by atoms with Gasteiger partial charge in [-0.3, -0.25) is 0 Å². The third-order valence-corrected chi connectivity index (χ3v) is 6.78. The van der Waals surface area contributed by atoms with Gasteiger partial charge in [-0.25, -0.2) is 9.59 Å². The number of benzene rings is 4. The average molecular weight is 557 g/mol. The summed E-state index contributed by atoms with van der Waals surface area (Å²) in [6.45, 7) is 0. The second-order valence-corrected chi connectivity index (χ2v) is 9.05. The summed E-state index contributed by atoms with van der Waals surface area (Å²) in [7, 11) is 8.86. The van der Waals surface area contributed by atoms with Gasteiger partial charge in [0.05, 0.1) is 42.7 Å². The topological polar surface area (TPSA) is 89.5 Å². The Labute approximate surface area is 239 Å². The Morgan fingerprint density at radius 3 is 1.15 bits per heavy atom. The minimum Gasteiger partial charge on any atom is -0.497 e. The van der Waals surface area contributed by atoms with Gasteiger partial charge in [0, 0.05) is 17.5 Å². The van der Waals surface area contributed by atoms with Crippen LogP contribution in [0.5, 0.6) is 23.0 Å². The van der Waals surface area contributed by atoms with E-state index in [1.165, 1.54) is 28.4 Å². The molecule has 212 valence electrons. The van der Waals surface area contributed by atoms with E-state index in [0.717, 1.165) is 22.3 Å². The van der Waals surface area contributed by atoms with E-state index >= 15 is 0 Å². The monoisotopic (exact) mass is 556 g/mol. The summed E-state index contributed by atoms with van der Waals surface area (Å²) < 4.78 is 32.2. The van der Waals surface area contributed by atoms with Gasteiger partial charge in [0.2, 0.25) is 0 Å². The van der Waals surface area contributed by atoms with Crippen LogP contribution in [-0.2, 0) is 15.9 Å². The van der Waals surface area contributed by atoms with Crippen LogP contribution in [0.3, 0.4) is 0 Å². The van der Waals surface area contributed by atoms with Crippen molar-refractivity contribution in [1.82, 2.24) is 0 Å². The first-order valence-corrected chi connectivity index (χ1v) is 12.7. The molecule has 0 atom stereocenters. The molecule has 0 unspecified atom stereocenters. The standard InChI is InChI=1S/C33H32O8/c1-36-26-11-7-20(8-12-26)22-15-24(30(38-3)28(18-22)32(34)40-5)17-25-16-23(21-9-13-27(37-2)14-10-21)19-29(31(25)39-4)33(35)41-6/h7-16,18-19H,17H2,1-6H3. The highest BCUT2D eigenvalue weighted by atomic mass is 16.5. The van der Waals surface area contributed by atoms with Crippen molar-refractivity contribution in [2.24, 2.45) is 0 Å². The lowest BCUT2D eigenvalue weighted by atomic mass is 9.91. The fraction of sp³-hybridized carbons (Fsp3) is 0.212. The number of ether oxygens (including phenoxy) is 6. The molecule has 0 aromatic heterocycles. The molecule has 0 spiro atoms. The van der Waals surface area contributed by atoms with Crippen LogP contribution in [-0.4, -0.2) is 54.6 Å². The number of carbonyl (C=O) groups excluding carboxylic acids is 2. The molecule has 0 N–H and O–H groups in total. The second-order valence-electron chi connectivity index (χ2n) is 9.05. The van der Waals surface area contributed by atoms with Gasteiger partial charge in [0.1, 0.15) is 34.1 Å². The number of hydrogen-bond acceptors (Lipinski definition) is 8. The van der Waals surface area contributed by atoms with Crippen LogP contribution in [0.15, 0.2) is 72.8 Å². The van der Waals surface area contributed by atoms with Crippen molar-refractivity contribution >= 4 is 11.9 Å². The molecular weight excluding hydrogens is 524 g/mol. The summed E-state index contributed by atoms with van der Waals surface area (Å²) in [5, 5.41) is 0. The number of carbonyl (C=O) groups is 2. The normalized spacial score (nSPS) is 10.5. The first kappa shape index (κ1) is 29.0. The van der Waals surface area contributed by atoms with Crippen LogP contribution in [0.2, 0.25) is 0 Å². The van der Waals surface area contributed by atoms with E-state index in [1.54, 1.807) is 26.4 Å². The Morgan fingerprint density at radius 1 is 0.488 bits per heavy atom. The predicted molar refractivity (Wildman–Crippen MR) is 155 cm³/mol. The van der Waals surface area contributed by atoms with Crippen molar-refractivity contribution in [2.75, 3.05) is 42.7 Å². The maximum atomic E-state index is 12.9. The van der Waals surface area contributed by atoms with E-state index in [4.69, 9.17) is 28.4 Å². The zero-order valence-corrected chi connectivity index (χ0v) is 23.9. The lowest BCUT2D eigenvalue weighted by Gasteiger charge is -2.19. The molecule has 0 aliphatic rings. The number of hydrogen-bond donors (Lipinski definition) is 0. The Kier molecular flexibility index (Phi) is 9.14. The van der Waals surface area contributed by atoms with Crippen LogP contribution in [0.25, 0.3) is 22.3 Å². The van der Waals surface area contributed by atoms with E-state index in [0.29, 0.717) is 34.1 Å². The van der Waals surface area contributed by atoms with Crippen molar-refractivity contribution in [1.29, 1.82) is 0 Å². The number of methoxy groups -OCH3 is 6. The van der Waals surface area contributed by atoms with Crippen LogP contribution >= 0.6 is 0 Å².